The maximum Gasteiger partial charge on any atom is 0.131 e. The van der Waals surface area contributed by atoms with Crippen LogP contribution in [0.5, 0.6) is 0 Å². The Bertz CT molecular complexity index is 513. The van der Waals surface area contributed by atoms with E-state index in [9.17, 15) is 4.39 Å². The molecule has 0 atom stereocenters. The first-order valence-corrected chi connectivity index (χ1v) is 5.93. The molecule has 2 rings (SSSR count). The zero-order valence-electron chi connectivity index (χ0n) is 10.1. The van der Waals surface area contributed by atoms with Crippen LogP contribution < -0.4 is 5.73 Å². The van der Waals surface area contributed by atoms with Crippen LogP contribution in [0.15, 0.2) is 48.5 Å². The molecule has 0 saturated heterocycles. The van der Waals surface area contributed by atoms with Crippen LogP contribution in [0.1, 0.15) is 5.56 Å². The van der Waals surface area contributed by atoms with Crippen LogP contribution >= 0.6 is 0 Å². The van der Waals surface area contributed by atoms with Gasteiger partial charge in [-0.3, -0.25) is 0 Å². The van der Waals surface area contributed by atoms with Crippen molar-refractivity contribution in [2.45, 2.75) is 6.61 Å². The summed E-state index contributed by atoms with van der Waals surface area (Å²) in [5, 5.41) is 0. The molecule has 18 heavy (non-hydrogen) atoms. The molecule has 3 heteroatoms. The van der Waals surface area contributed by atoms with E-state index in [1.807, 2.05) is 30.3 Å². The predicted molar refractivity (Wildman–Crippen MR) is 70.5 cm³/mol. The Morgan fingerprint density at radius 2 is 1.61 bits per heavy atom. The van der Waals surface area contributed by atoms with Gasteiger partial charge in [-0.2, -0.15) is 0 Å². The van der Waals surface area contributed by atoms with Gasteiger partial charge in [-0.15, -0.1) is 0 Å². The fourth-order valence-electron chi connectivity index (χ4n) is 1.85. The lowest BCUT2D eigenvalue weighted by molar-refractivity contribution is 0.128. The average molecular weight is 245 g/mol. The molecular weight excluding hydrogens is 229 g/mol. The van der Waals surface area contributed by atoms with Gasteiger partial charge in [0.2, 0.25) is 0 Å². The van der Waals surface area contributed by atoms with E-state index in [0.29, 0.717) is 25.3 Å². The molecule has 0 fully saturated rings. The standard InChI is InChI=1S/C15H16FNO/c16-15-8-4-3-7-14(15)13-6-2-1-5-12(13)11-18-10-9-17/h1-8H,9-11,17H2. The molecule has 2 N–H and O–H groups in total. The van der Waals surface area contributed by atoms with Gasteiger partial charge in [0.1, 0.15) is 5.82 Å². The van der Waals surface area contributed by atoms with Crippen molar-refractivity contribution in [3.05, 3.63) is 59.9 Å². The van der Waals surface area contributed by atoms with Gasteiger partial charge < -0.3 is 10.5 Å². The number of nitrogens with two attached hydrogens (primary N) is 1. The van der Waals surface area contributed by atoms with Crippen molar-refractivity contribution in [1.29, 1.82) is 0 Å². The summed E-state index contributed by atoms with van der Waals surface area (Å²) in [6.07, 6.45) is 0. The first-order chi connectivity index (χ1) is 8.83. The molecule has 2 aromatic carbocycles. The van der Waals surface area contributed by atoms with Crippen molar-refractivity contribution in [3.63, 3.8) is 0 Å². The highest BCUT2D eigenvalue weighted by Gasteiger charge is 2.08. The number of benzene rings is 2. The van der Waals surface area contributed by atoms with Crippen molar-refractivity contribution in [2.75, 3.05) is 13.2 Å². The minimum atomic E-state index is -0.219. The van der Waals surface area contributed by atoms with Gasteiger partial charge in [0.15, 0.2) is 0 Å². The largest absolute Gasteiger partial charge is 0.375 e. The quantitative estimate of drug-likeness (QED) is 0.822. The zero-order valence-corrected chi connectivity index (χ0v) is 10.1. The molecule has 0 aliphatic heterocycles. The second-order valence-corrected chi connectivity index (χ2v) is 3.98. The molecule has 0 radical (unpaired) electrons. The maximum absolute atomic E-state index is 13.8. The number of rotatable bonds is 5. The number of ether oxygens (including phenoxy) is 1. The monoisotopic (exact) mass is 245 g/mol. The van der Waals surface area contributed by atoms with Crippen LogP contribution in [-0.2, 0) is 11.3 Å². The number of hydrogen-bond acceptors (Lipinski definition) is 2. The van der Waals surface area contributed by atoms with Gasteiger partial charge in [-0.1, -0.05) is 42.5 Å². The molecule has 0 spiro atoms. The molecule has 94 valence electrons. The highest BCUT2D eigenvalue weighted by molar-refractivity contribution is 5.67. The van der Waals surface area contributed by atoms with E-state index in [1.165, 1.54) is 6.07 Å². The van der Waals surface area contributed by atoms with E-state index < -0.39 is 0 Å². The minimum Gasteiger partial charge on any atom is -0.375 e. The van der Waals surface area contributed by atoms with Crippen LogP contribution in [0.4, 0.5) is 4.39 Å². The molecule has 0 bridgehead atoms. The Hall–Kier alpha value is -1.71. The van der Waals surface area contributed by atoms with Gasteiger partial charge in [0, 0.05) is 12.1 Å². The molecule has 0 saturated carbocycles. The van der Waals surface area contributed by atoms with Crippen LogP contribution in [-0.4, -0.2) is 13.2 Å². The lowest BCUT2D eigenvalue weighted by Crippen LogP contribution is -2.08. The third-order valence-electron chi connectivity index (χ3n) is 2.70. The summed E-state index contributed by atoms with van der Waals surface area (Å²) in [5.41, 5.74) is 7.82. The normalized spacial score (nSPS) is 10.6. The van der Waals surface area contributed by atoms with Gasteiger partial charge in [0.05, 0.1) is 13.2 Å². The molecular formula is C15H16FNO. The summed E-state index contributed by atoms with van der Waals surface area (Å²) in [4.78, 5) is 0. The molecule has 0 heterocycles. The first kappa shape index (κ1) is 12.7. The van der Waals surface area contributed by atoms with Crippen LogP contribution in [0.2, 0.25) is 0 Å². The predicted octanol–water partition coefficient (Wildman–Crippen LogP) is 2.97. The Kier molecular flexibility index (Phi) is 4.45. The van der Waals surface area contributed by atoms with E-state index in [-0.39, 0.29) is 5.82 Å². The van der Waals surface area contributed by atoms with Gasteiger partial charge in [0.25, 0.3) is 0 Å². The van der Waals surface area contributed by atoms with Gasteiger partial charge >= 0.3 is 0 Å². The fraction of sp³-hybridized carbons (Fsp3) is 0.200. The lowest BCUT2D eigenvalue weighted by atomic mass is 10.00. The minimum absolute atomic E-state index is 0.219. The smallest absolute Gasteiger partial charge is 0.131 e. The summed E-state index contributed by atoms with van der Waals surface area (Å²) >= 11 is 0. The van der Waals surface area contributed by atoms with Crippen molar-refractivity contribution >= 4 is 0 Å². The molecule has 2 aromatic rings. The lowest BCUT2D eigenvalue weighted by Gasteiger charge is -2.10. The number of hydrogen-bond donors (Lipinski definition) is 1. The Morgan fingerprint density at radius 1 is 0.944 bits per heavy atom. The zero-order chi connectivity index (χ0) is 12.8. The van der Waals surface area contributed by atoms with E-state index in [0.717, 1.165) is 11.1 Å². The van der Waals surface area contributed by atoms with Crippen LogP contribution in [0, 0.1) is 5.82 Å². The van der Waals surface area contributed by atoms with Gasteiger partial charge in [-0.05, 0) is 17.2 Å². The third-order valence-corrected chi connectivity index (χ3v) is 2.70. The SMILES string of the molecule is NCCOCc1ccccc1-c1ccccc1F. The van der Waals surface area contributed by atoms with Crippen LogP contribution in [0.25, 0.3) is 11.1 Å². The van der Waals surface area contributed by atoms with E-state index >= 15 is 0 Å². The van der Waals surface area contributed by atoms with E-state index in [4.69, 9.17) is 10.5 Å². The molecule has 0 aromatic heterocycles. The topological polar surface area (TPSA) is 35.2 Å². The second-order valence-electron chi connectivity index (χ2n) is 3.98. The van der Waals surface area contributed by atoms with Crippen molar-refractivity contribution in [2.24, 2.45) is 5.73 Å². The molecule has 0 aliphatic rings. The van der Waals surface area contributed by atoms with Crippen LogP contribution in [0.3, 0.4) is 0 Å². The fourth-order valence-corrected chi connectivity index (χ4v) is 1.85. The Labute approximate surface area is 106 Å². The third kappa shape index (κ3) is 2.94. The highest BCUT2D eigenvalue weighted by atomic mass is 19.1. The Balaban J connectivity index is 2.30. The first-order valence-electron chi connectivity index (χ1n) is 5.93. The summed E-state index contributed by atoms with van der Waals surface area (Å²) in [7, 11) is 0. The molecule has 0 unspecified atom stereocenters. The summed E-state index contributed by atoms with van der Waals surface area (Å²) in [6.45, 7) is 1.44. The summed E-state index contributed by atoms with van der Waals surface area (Å²) in [6, 6.07) is 14.4. The van der Waals surface area contributed by atoms with Crippen molar-refractivity contribution in [3.8, 4) is 11.1 Å². The second kappa shape index (κ2) is 6.28. The van der Waals surface area contributed by atoms with E-state index in [1.54, 1.807) is 12.1 Å². The van der Waals surface area contributed by atoms with E-state index in [2.05, 4.69) is 0 Å². The summed E-state index contributed by atoms with van der Waals surface area (Å²) in [5.74, 6) is -0.219. The highest BCUT2D eigenvalue weighted by Crippen LogP contribution is 2.26. The van der Waals surface area contributed by atoms with Crippen molar-refractivity contribution < 1.29 is 9.13 Å². The average Bonchev–Trinajstić information content (AvgIpc) is 2.40. The number of halogens is 1. The summed E-state index contributed by atoms with van der Waals surface area (Å²) < 4.78 is 19.2. The Morgan fingerprint density at radius 3 is 2.33 bits per heavy atom. The molecule has 0 aliphatic carbocycles. The molecule has 0 amide bonds. The molecule has 2 nitrogen and oxygen atoms in total. The van der Waals surface area contributed by atoms with Gasteiger partial charge in [-0.25, -0.2) is 4.39 Å². The maximum atomic E-state index is 13.8. The van der Waals surface area contributed by atoms with Crippen molar-refractivity contribution in [1.82, 2.24) is 0 Å².